The fourth-order valence-corrected chi connectivity index (χ4v) is 3.66. The summed E-state index contributed by atoms with van der Waals surface area (Å²) in [5.74, 6) is -0.263. The largest absolute Gasteiger partial charge is 0.491 e. The molecule has 0 radical (unpaired) electrons. The first kappa shape index (κ1) is 21.3. The summed E-state index contributed by atoms with van der Waals surface area (Å²) in [6.45, 7) is 2.68. The molecule has 0 spiro atoms. The Kier molecular flexibility index (Phi) is 7.61. The highest BCUT2D eigenvalue weighted by molar-refractivity contribution is 5.95. The van der Waals surface area contributed by atoms with Gasteiger partial charge in [-0.15, -0.1) is 0 Å². The van der Waals surface area contributed by atoms with Crippen molar-refractivity contribution in [2.24, 2.45) is 0 Å². The third-order valence-electron chi connectivity index (χ3n) is 5.17. The minimum atomic E-state index is -0.628. The van der Waals surface area contributed by atoms with Crippen LogP contribution >= 0.6 is 0 Å². The summed E-state index contributed by atoms with van der Waals surface area (Å²) in [7, 11) is 1.57. The number of amides is 1. The summed E-state index contributed by atoms with van der Waals surface area (Å²) in [5, 5.41) is 12.9. The number of β-amino-alcohol motifs (C(OH)–C–C–N with tert-alkyl or cyclic N) is 1. The minimum Gasteiger partial charge on any atom is -0.491 e. The molecule has 1 unspecified atom stereocenters. The van der Waals surface area contributed by atoms with Crippen LogP contribution < -0.4 is 10.1 Å². The first-order chi connectivity index (χ1) is 14.0. The molecule has 1 atom stereocenters. The molecule has 0 saturated carbocycles. The lowest BCUT2D eigenvalue weighted by Gasteiger charge is -2.23. The molecule has 156 valence electrons. The van der Waals surface area contributed by atoms with Gasteiger partial charge >= 0.3 is 0 Å². The Labute approximate surface area is 171 Å². The lowest BCUT2D eigenvalue weighted by molar-refractivity contribution is 0.0692. The number of hydrogen-bond acceptors (Lipinski definition) is 4. The van der Waals surface area contributed by atoms with Crippen LogP contribution in [0.4, 0.5) is 4.39 Å². The third-order valence-corrected chi connectivity index (χ3v) is 5.17. The number of rotatable bonds is 7. The van der Waals surface area contributed by atoms with Crippen molar-refractivity contribution in [3.05, 3.63) is 53.8 Å². The molecular formula is C23H29FN2O3. The number of benzene rings is 2. The number of aliphatic hydroxyl groups is 1. The maximum absolute atomic E-state index is 14.2. The molecule has 1 aliphatic heterocycles. The summed E-state index contributed by atoms with van der Waals surface area (Å²) in [6, 6.07) is 11.4. The third kappa shape index (κ3) is 6.27. The second-order valence-electron chi connectivity index (χ2n) is 7.52. The molecule has 2 aromatic carbocycles. The Bertz CT molecular complexity index is 820. The molecule has 0 aliphatic carbocycles. The van der Waals surface area contributed by atoms with Crippen LogP contribution in [0.5, 0.6) is 5.75 Å². The maximum atomic E-state index is 14.2. The zero-order chi connectivity index (χ0) is 20.6. The predicted octanol–water partition coefficient (Wildman–Crippen LogP) is 3.47. The number of aliphatic hydroxyl groups excluding tert-OH is 1. The van der Waals surface area contributed by atoms with E-state index in [1.165, 1.54) is 25.0 Å². The van der Waals surface area contributed by atoms with Gasteiger partial charge in [0.25, 0.3) is 5.91 Å². The number of carbonyl (C=O) groups is 1. The smallest absolute Gasteiger partial charge is 0.251 e. The van der Waals surface area contributed by atoms with Crippen LogP contribution in [0.25, 0.3) is 11.1 Å². The maximum Gasteiger partial charge on any atom is 0.251 e. The van der Waals surface area contributed by atoms with Crippen molar-refractivity contribution in [1.82, 2.24) is 10.2 Å². The molecule has 5 nitrogen and oxygen atoms in total. The van der Waals surface area contributed by atoms with E-state index in [1.54, 1.807) is 31.3 Å². The molecule has 1 amide bonds. The monoisotopic (exact) mass is 400 g/mol. The van der Waals surface area contributed by atoms with Crippen LogP contribution in [0.2, 0.25) is 0 Å². The van der Waals surface area contributed by atoms with Crippen molar-refractivity contribution in [2.75, 3.05) is 33.3 Å². The highest BCUT2D eigenvalue weighted by atomic mass is 19.1. The number of halogens is 1. The molecule has 0 bridgehead atoms. The number of ether oxygens (including phenoxy) is 1. The molecule has 1 heterocycles. The van der Waals surface area contributed by atoms with E-state index in [-0.39, 0.29) is 12.5 Å². The quantitative estimate of drug-likeness (QED) is 0.747. The van der Waals surface area contributed by atoms with Gasteiger partial charge in [-0.1, -0.05) is 25.0 Å². The Morgan fingerprint density at radius 2 is 1.90 bits per heavy atom. The molecule has 29 heavy (non-hydrogen) atoms. The summed E-state index contributed by atoms with van der Waals surface area (Å²) >= 11 is 0. The van der Waals surface area contributed by atoms with Crippen molar-refractivity contribution >= 4 is 5.91 Å². The second-order valence-corrected chi connectivity index (χ2v) is 7.52. The van der Waals surface area contributed by atoms with Gasteiger partial charge in [-0.2, -0.15) is 0 Å². The molecule has 0 aromatic heterocycles. The highest BCUT2D eigenvalue weighted by Gasteiger charge is 2.15. The minimum absolute atomic E-state index is 0.109. The van der Waals surface area contributed by atoms with Gasteiger partial charge in [0, 0.05) is 25.2 Å². The summed E-state index contributed by atoms with van der Waals surface area (Å²) in [6.07, 6.45) is 4.19. The zero-order valence-corrected chi connectivity index (χ0v) is 16.9. The van der Waals surface area contributed by atoms with Gasteiger partial charge in [0.1, 0.15) is 24.3 Å². The number of carbonyl (C=O) groups excluding carboxylic acids is 1. The molecule has 1 saturated heterocycles. The first-order valence-corrected chi connectivity index (χ1v) is 10.2. The van der Waals surface area contributed by atoms with Crippen molar-refractivity contribution in [3.63, 3.8) is 0 Å². The van der Waals surface area contributed by atoms with Gasteiger partial charge in [-0.3, -0.25) is 4.79 Å². The van der Waals surface area contributed by atoms with Crippen molar-refractivity contribution in [1.29, 1.82) is 0 Å². The molecule has 1 fully saturated rings. The Balaban J connectivity index is 1.65. The fourth-order valence-electron chi connectivity index (χ4n) is 3.66. The Hall–Kier alpha value is -2.44. The van der Waals surface area contributed by atoms with Crippen LogP contribution in [-0.4, -0.2) is 55.3 Å². The van der Waals surface area contributed by atoms with Gasteiger partial charge in [0.15, 0.2) is 0 Å². The van der Waals surface area contributed by atoms with E-state index in [4.69, 9.17) is 4.74 Å². The SMILES string of the molecule is CNC(=O)c1cccc(-c2cc(F)cc(OCC(O)CN3CCCCCC3)c2)c1. The van der Waals surface area contributed by atoms with E-state index < -0.39 is 11.9 Å². The van der Waals surface area contributed by atoms with Crippen molar-refractivity contribution in [2.45, 2.75) is 31.8 Å². The zero-order valence-electron chi connectivity index (χ0n) is 16.9. The molecule has 1 aliphatic rings. The number of likely N-dealkylation sites (tertiary alicyclic amines) is 1. The summed E-state index contributed by atoms with van der Waals surface area (Å²) < 4.78 is 19.8. The van der Waals surface area contributed by atoms with Crippen LogP contribution in [0, 0.1) is 5.82 Å². The van der Waals surface area contributed by atoms with Gasteiger partial charge in [0.2, 0.25) is 0 Å². The van der Waals surface area contributed by atoms with E-state index >= 15 is 0 Å². The van der Waals surface area contributed by atoms with E-state index in [0.717, 1.165) is 31.5 Å². The molecular weight excluding hydrogens is 371 g/mol. The van der Waals surface area contributed by atoms with Crippen LogP contribution in [0.15, 0.2) is 42.5 Å². The van der Waals surface area contributed by atoms with Crippen molar-refractivity contribution < 1.29 is 19.0 Å². The number of hydrogen-bond donors (Lipinski definition) is 2. The number of nitrogens with one attached hydrogen (secondary N) is 1. The standard InChI is InChI=1S/C23H29FN2O3/c1-25-23(28)18-8-6-7-17(11-18)19-12-20(24)14-22(13-19)29-16-21(27)15-26-9-4-2-3-5-10-26/h6-8,11-14,21,27H,2-5,9-10,15-16H2,1H3,(H,25,28). The normalized spacial score (nSPS) is 16.1. The molecule has 3 rings (SSSR count). The van der Waals surface area contributed by atoms with Gasteiger partial charge < -0.3 is 20.1 Å². The first-order valence-electron chi connectivity index (χ1n) is 10.2. The van der Waals surface area contributed by atoms with Gasteiger partial charge in [-0.25, -0.2) is 4.39 Å². The van der Waals surface area contributed by atoms with E-state index in [0.29, 0.717) is 23.4 Å². The predicted molar refractivity (Wildman–Crippen MR) is 112 cm³/mol. The summed E-state index contributed by atoms with van der Waals surface area (Å²) in [4.78, 5) is 14.1. The molecule has 6 heteroatoms. The van der Waals surface area contributed by atoms with Crippen LogP contribution in [0.3, 0.4) is 0 Å². The summed E-state index contributed by atoms with van der Waals surface area (Å²) in [5.41, 5.74) is 1.85. The highest BCUT2D eigenvalue weighted by Crippen LogP contribution is 2.26. The van der Waals surface area contributed by atoms with E-state index in [2.05, 4.69) is 10.2 Å². The van der Waals surface area contributed by atoms with E-state index in [9.17, 15) is 14.3 Å². The lowest BCUT2D eigenvalue weighted by atomic mass is 10.0. The topological polar surface area (TPSA) is 61.8 Å². The average molecular weight is 400 g/mol. The lowest BCUT2D eigenvalue weighted by Crippen LogP contribution is -2.36. The van der Waals surface area contributed by atoms with Crippen molar-refractivity contribution in [3.8, 4) is 16.9 Å². The number of nitrogens with zero attached hydrogens (tertiary/aromatic N) is 1. The van der Waals surface area contributed by atoms with Gasteiger partial charge in [0.05, 0.1) is 0 Å². The fraction of sp³-hybridized carbons (Fsp3) is 0.435. The van der Waals surface area contributed by atoms with Crippen LogP contribution in [0.1, 0.15) is 36.0 Å². The molecule has 2 aromatic rings. The van der Waals surface area contributed by atoms with Gasteiger partial charge in [-0.05, 0) is 61.3 Å². The Morgan fingerprint density at radius 1 is 1.14 bits per heavy atom. The second kappa shape index (κ2) is 10.4. The van der Waals surface area contributed by atoms with Crippen LogP contribution in [-0.2, 0) is 0 Å². The Morgan fingerprint density at radius 3 is 2.62 bits per heavy atom. The average Bonchev–Trinajstić information content (AvgIpc) is 3.00. The molecule has 2 N–H and O–H groups in total. The van der Waals surface area contributed by atoms with E-state index in [1.807, 2.05) is 6.07 Å².